The Morgan fingerprint density at radius 3 is 2.92 bits per heavy atom. The Kier molecular flexibility index (Phi) is 5.47. The summed E-state index contributed by atoms with van der Waals surface area (Å²) in [5.41, 5.74) is 3.98. The average molecular weight is 361 g/mol. The van der Waals surface area contributed by atoms with E-state index in [4.69, 9.17) is 0 Å². The van der Waals surface area contributed by atoms with Gasteiger partial charge < -0.3 is 9.88 Å². The van der Waals surface area contributed by atoms with Crippen molar-refractivity contribution in [2.75, 3.05) is 5.75 Å². The van der Waals surface area contributed by atoms with Gasteiger partial charge in [0.15, 0.2) is 0 Å². The molecule has 2 aromatic heterocycles. The minimum Gasteiger partial charge on any atom is -0.348 e. The molecule has 6 nitrogen and oxygen atoms in total. The molecule has 0 fully saturated rings. The van der Waals surface area contributed by atoms with Crippen LogP contribution in [0.25, 0.3) is 11.0 Å². The third kappa shape index (κ3) is 3.76. The summed E-state index contributed by atoms with van der Waals surface area (Å²) >= 11 is 2.76. The van der Waals surface area contributed by atoms with Crippen LogP contribution in [0.2, 0.25) is 0 Å². The molecule has 8 heteroatoms. The predicted octanol–water partition coefficient (Wildman–Crippen LogP) is 2.77. The molecule has 0 bridgehead atoms. The maximum Gasteiger partial charge on any atom is 0.230 e. The summed E-state index contributed by atoms with van der Waals surface area (Å²) in [5.74, 6) is 2.01. The lowest BCUT2D eigenvalue weighted by Gasteiger charge is -2.07. The molecule has 0 saturated carbocycles. The average Bonchev–Trinajstić information content (AvgIpc) is 3.16. The molecular weight excluding hydrogens is 342 g/mol. The number of aromatic nitrogens is 4. The number of benzene rings is 1. The van der Waals surface area contributed by atoms with Crippen molar-refractivity contribution >= 4 is 40.4 Å². The summed E-state index contributed by atoms with van der Waals surface area (Å²) in [7, 11) is 0. The second-order valence-electron chi connectivity index (χ2n) is 5.33. The quantitative estimate of drug-likeness (QED) is 0.700. The topological polar surface area (TPSA) is 72.7 Å². The molecule has 24 heavy (non-hydrogen) atoms. The molecule has 0 aliphatic rings. The van der Waals surface area contributed by atoms with Crippen LogP contribution in [-0.4, -0.2) is 30.0 Å². The summed E-state index contributed by atoms with van der Waals surface area (Å²) < 4.78 is 10.5. The first-order chi connectivity index (χ1) is 11.7. The lowest BCUT2D eigenvalue weighted by atomic mass is 10.3. The van der Waals surface area contributed by atoms with E-state index < -0.39 is 0 Å². The summed E-state index contributed by atoms with van der Waals surface area (Å²) in [5, 5.41) is 2.95. The van der Waals surface area contributed by atoms with Gasteiger partial charge in [-0.2, -0.15) is 8.75 Å². The van der Waals surface area contributed by atoms with E-state index >= 15 is 0 Å². The van der Waals surface area contributed by atoms with Crippen LogP contribution in [0.4, 0.5) is 0 Å². The number of para-hydroxylation sites is 2. The van der Waals surface area contributed by atoms with Crippen molar-refractivity contribution in [3.63, 3.8) is 0 Å². The molecule has 3 aromatic rings. The van der Waals surface area contributed by atoms with Crippen LogP contribution in [-0.2, 0) is 23.6 Å². The Hall–Kier alpha value is -1.93. The van der Waals surface area contributed by atoms with Crippen molar-refractivity contribution in [1.29, 1.82) is 0 Å². The Morgan fingerprint density at radius 1 is 1.33 bits per heavy atom. The first kappa shape index (κ1) is 16.9. The number of amides is 1. The normalized spacial score (nSPS) is 11.1. The van der Waals surface area contributed by atoms with Crippen molar-refractivity contribution in [2.45, 2.75) is 32.7 Å². The molecule has 1 amide bonds. The van der Waals surface area contributed by atoms with Crippen molar-refractivity contribution in [3.05, 3.63) is 41.5 Å². The highest BCUT2D eigenvalue weighted by Gasteiger charge is 2.11. The SMILES string of the molecule is CCn1c(CNC(=O)CSCc2nsnc2C)nc2ccccc21. The van der Waals surface area contributed by atoms with Gasteiger partial charge in [0.2, 0.25) is 5.91 Å². The Morgan fingerprint density at radius 2 is 2.17 bits per heavy atom. The van der Waals surface area contributed by atoms with Crippen molar-refractivity contribution in [3.8, 4) is 0 Å². The van der Waals surface area contributed by atoms with Crippen LogP contribution in [0.1, 0.15) is 24.1 Å². The van der Waals surface area contributed by atoms with Crippen LogP contribution in [0, 0.1) is 6.92 Å². The van der Waals surface area contributed by atoms with Gasteiger partial charge in [0, 0.05) is 12.3 Å². The van der Waals surface area contributed by atoms with Gasteiger partial charge in [-0.15, -0.1) is 11.8 Å². The van der Waals surface area contributed by atoms with Crippen molar-refractivity contribution in [2.24, 2.45) is 0 Å². The van der Waals surface area contributed by atoms with Gasteiger partial charge >= 0.3 is 0 Å². The van der Waals surface area contributed by atoms with Gasteiger partial charge in [-0.05, 0) is 26.0 Å². The number of nitrogens with one attached hydrogen (secondary N) is 1. The van der Waals surface area contributed by atoms with Crippen molar-refractivity contribution < 1.29 is 4.79 Å². The smallest absolute Gasteiger partial charge is 0.230 e. The summed E-state index contributed by atoms with van der Waals surface area (Å²) in [6.45, 7) is 5.30. The molecule has 3 rings (SSSR count). The Balaban J connectivity index is 1.53. The highest BCUT2D eigenvalue weighted by Crippen LogP contribution is 2.16. The Bertz CT molecular complexity index is 842. The highest BCUT2D eigenvalue weighted by atomic mass is 32.2. The van der Waals surface area contributed by atoms with Gasteiger partial charge in [0.25, 0.3) is 0 Å². The summed E-state index contributed by atoms with van der Waals surface area (Å²) in [6.07, 6.45) is 0. The fourth-order valence-corrected chi connectivity index (χ4v) is 3.96. The van der Waals surface area contributed by atoms with Crippen LogP contribution >= 0.6 is 23.5 Å². The van der Waals surface area contributed by atoms with Crippen LogP contribution in [0.15, 0.2) is 24.3 Å². The van der Waals surface area contributed by atoms with Crippen LogP contribution < -0.4 is 5.32 Å². The third-order valence-electron chi connectivity index (χ3n) is 3.71. The number of hydrogen-bond acceptors (Lipinski definition) is 6. The monoisotopic (exact) mass is 361 g/mol. The van der Waals surface area contributed by atoms with Crippen LogP contribution in [0.5, 0.6) is 0 Å². The lowest BCUT2D eigenvalue weighted by molar-refractivity contribution is -0.118. The van der Waals surface area contributed by atoms with E-state index in [-0.39, 0.29) is 5.91 Å². The lowest BCUT2D eigenvalue weighted by Crippen LogP contribution is -2.26. The highest BCUT2D eigenvalue weighted by molar-refractivity contribution is 7.99. The van der Waals surface area contributed by atoms with Gasteiger partial charge in [-0.3, -0.25) is 4.79 Å². The summed E-state index contributed by atoms with van der Waals surface area (Å²) in [6, 6.07) is 8.03. The number of carbonyl (C=O) groups is 1. The third-order valence-corrected chi connectivity index (χ3v) is 5.31. The van der Waals surface area contributed by atoms with E-state index in [1.807, 2.05) is 25.1 Å². The second kappa shape index (κ2) is 7.76. The van der Waals surface area contributed by atoms with E-state index in [1.54, 1.807) is 11.8 Å². The first-order valence-electron chi connectivity index (χ1n) is 7.75. The molecule has 0 unspecified atom stereocenters. The molecule has 0 spiro atoms. The van der Waals surface area contributed by atoms with Crippen LogP contribution in [0.3, 0.4) is 0 Å². The fraction of sp³-hybridized carbons (Fsp3) is 0.375. The minimum absolute atomic E-state index is 0.00977. The number of imidazole rings is 1. The maximum atomic E-state index is 12.0. The number of nitrogens with zero attached hydrogens (tertiary/aromatic N) is 4. The second-order valence-corrected chi connectivity index (χ2v) is 6.84. The minimum atomic E-state index is 0.00977. The molecule has 0 atom stereocenters. The van der Waals surface area contributed by atoms with E-state index in [0.29, 0.717) is 18.1 Å². The van der Waals surface area contributed by atoms with Gasteiger partial charge in [0.1, 0.15) is 5.82 Å². The molecular formula is C16H19N5OS2. The standard InChI is InChI=1S/C16H19N5OS2/c1-3-21-14-7-5-4-6-12(14)18-15(21)8-17-16(22)10-23-9-13-11(2)19-24-20-13/h4-7H,3,8-10H2,1-2H3,(H,17,22). The zero-order chi connectivity index (χ0) is 16.9. The van der Waals surface area contributed by atoms with Gasteiger partial charge in [0.05, 0.1) is 46.4 Å². The number of rotatable bonds is 7. The van der Waals surface area contributed by atoms with E-state index in [2.05, 4.69) is 36.6 Å². The zero-order valence-electron chi connectivity index (χ0n) is 13.7. The largest absolute Gasteiger partial charge is 0.348 e. The molecule has 126 valence electrons. The van der Waals surface area contributed by atoms with E-state index in [0.717, 1.165) is 34.8 Å². The number of aryl methyl sites for hydroxylation is 2. The first-order valence-corrected chi connectivity index (χ1v) is 9.64. The molecule has 0 aliphatic heterocycles. The number of thioether (sulfide) groups is 1. The molecule has 2 heterocycles. The zero-order valence-corrected chi connectivity index (χ0v) is 15.3. The fourth-order valence-electron chi connectivity index (χ4n) is 2.46. The van der Waals surface area contributed by atoms with E-state index in [9.17, 15) is 4.79 Å². The number of carbonyl (C=O) groups excluding carboxylic acids is 1. The van der Waals surface area contributed by atoms with Gasteiger partial charge in [-0.1, -0.05) is 12.1 Å². The number of hydrogen-bond donors (Lipinski definition) is 1. The summed E-state index contributed by atoms with van der Waals surface area (Å²) in [4.78, 5) is 16.7. The predicted molar refractivity (Wildman–Crippen MR) is 98.1 cm³/mol. The van der Waals surface area contributed by atoms with Crippen molar-refractivity contribution in [1.82, 2.24) is 23.6 Å². The molecule has 0 saturated heterocycles. The van der Waals surface area contributed by atoms with Gasteiger partial charge in [-0.25, -0.2) is 4.98 Å². The Labute approximate surface area is 149 Å². The molecule has 0 radical (unpaired) electrons. The molecule has 1 N–H and O–H groups in total. The number of fused-ring (bicyclic) bond motifs is 1. The molecule has 0 aliphatic carbocycles. The van der Waals surface area contributed by atoms with E-state index in [1.165, 1.54) is 11.7 Å². The molecule has 1 aromatic carbocycles. The maximum absolute atomic E-state index is 12.0.